The Morgan fingerprint density at radius 1 is 0.341 bits per heavy atom. The minimum Gasteiger partial charge on any atom is -0.508 e. The molecule has 0 unspecified atom stereocenters. The molecule has 2 rings (SSSR count). The van der Waals surface area contributed by atoms with Gasteiger partial charge in [0.2, 0.25) is 0 Å². The van der Waals surface area contributed by atoms with Crippen molar-refractivity contribution in [2.45, 2.75) is 53.6 Å². The van der Waals surface area contributed by atoms with E-state index in [0.29, 0.717) is 12.1 Å². The SMILES string of the molecule is Oc1ccc(-c2ccc(C(F)(F)C(F)(F)C(F)(F)C(F)(F)C(F)(F)C(F)(F)C(F)(F)C(F)(F)C(F)(F)F)cc2)cc1. The van der Waals surface area contributed by atoms with Crippen LogP contribution in [0.5, 0.6) is 5.75 Å². The Morgan fingerprint density at radius 3 is 0.927 bits per heavy atom. The van der Waals surface area contributed by atoms with Crippen molar-refractivity contribution in [3.63, 3.8) is 0 Å². The van der Waals surface area contributed by atoms with Crippen molar-refractivity contribution < 1.29 is 88.5 Å². The molecule has 0 aliphatic carbocycles. The molecule has 0 atom stereocenters. The third-order valence-corrected chi connectivity index (χ3v) is 5.56. The van der Waals surface area contributed by atoms with Gasteiger partial charge >= 0.3 is 53.6 Å². The molecule has 0 aromatic heterocycles. The van der Waals surface area contributed by atoms with Crippen LogP contribution >= 0.6 is 0 Å². The number of aromatic hydroxyl groups is 1. The van der Waals surface area contributed by atoms with E-state index in [9.17, 15) is 83.4 Å². The molecule has 0 bridgehead atoms. The molecule has 1 nitrogen and oxygen atoms in total. The van der Waals surface area contributed by atoms with Gasteiger partial charge in [0, 0.05) is 5.56 Å². The van der Waals surface area contributed by atoms with Crippen LogP contribution in [0.3, 0.4) is 0 Å². The van der Waals surface area contributed by atoms with Crippen LogP contribution in [0.15, 0.2) is 48.5 Å². The van der Waals surface area contributed by atoms with Gasteiger partial charge in [-0.2, -0.15) is 83.4 Å². The van der Waals surface area contributed by atoms with Crippen LogP contribution in [0.2, 0.25) is 0 Å². The van der Waals surface area contributed by atoms with Gasteiger partial charge in [0.05, 0.1) is 0 Å². The Bertz CT molecular complexity index is 1230. The molecule has 41 heavy (non-hydrogen) atoms. The zero-order valence-corrected chi connectivity index (χ0v) is 18.7. The summed E-state index contributed by atoms with van der Waals surface area (Å²) in [4.78, 5) is 0. The zero-order valence-electron chi connectivity index (χ0n) is 18.7. The number of benzene rings is 2. The largest absolute Gasteiger partial charge is 0.508 e. The lowest BCUT2D eigenvalue weighted by molar-refractivity contribution is -0.469. The van der Waals surface area contributed by atoms with Crippen molar-refractivity contribution in [2.75, 3.05) is 0 Å². The molecule has 0 saturated heterocycles. The maximum absolute atomic E-state index is 14.4. The molecule has 0 aliphatic heterocycles. The summed E-state index contributed by atoms with van der Waals surface area (Å²) < 4.78 is 256. The minimum absolute atomic E-state index is 0.0275. The molecular formula is C21H9F19O. The Hall–Kier alpha value is -3.09. The number of halogens is 19. The lowest BCUT2D eigenvalue weighted by atomic mass is 9.86. The summed E-state index contributed by atoms with van der Waals surface area (Å²) in [5.41, 5.74) is -2.56. The maximum Gasteiger partial charge on any atom is 0.460 e. The van der Waals surface area contributed by atoms with Crippen LogP contribution < -0.4 is 0 Å². The van der Waals surface area contributed by atoms with E-state index in [0.717, 1.165) is 24.3 Å². The van der Waals surface area contributed by atoms with Crippen LogP contribution in [0.25, 0.3) is 11.1 Å². The molecule has 0 spiro atoms. The van der Waals surface area contributed by atoms with Crippen LogP contribution in [0, 0.1) is 0 Å². The first-order valence-corrected chi connectivity index (χ1v) is 9.96. The highest BCUT2D eigenvalue weighted by Gasteiger charge is 2.96. The van der Waals surface area contributed by atoms with Gasteiger partial charge in [-0.25, -0.2) is 0 Å². The normalized spacial score (nSPS) is 15.3. The lowest BCUT2D eigenvalue weighted by Gasteiger charge is -2.43. The van der Waals surface area contributed by atoms with E-state index in [4.69, 9.17) is 5.11 Å². The predicted molar refractivity (Wildman–Crippen MR) is 98.1 cm³/mol. The topological polar surface area (TPSA) is 20.2 Å². The van der Waals surface area contributed by atoms with E-state index in [-0.39, 0.29) is 29.0 Å². The van der Waals surface area contributed by atoms with E-state index in [1.54, 1.807) is 0 Å². The first-order valence-electron chi connectivity index (χ1n) is 9.96. The molecule has 0 aliphatic rings. The highest BCUT2D eigenvalue weighted by atomic mass is 19.4. The van der Waals surface area contributed by atoms with Crippen LogP contribution in [0.4, 0.5) is 83.4 Å². The molecule has 20 heteroatoms. The second-order valence-corrected chi connectivity index (χ2v) is 8.22. The Kier molecular flexibility index (Phi) is 7.88. The Balaban J connectivity index is 2.61. The second-order valence-electron chi connectivity index (χ2n) is 8.22. The number of hydrogen-bond acceptors (Lipinski definition) is 1. The molecule has 0 fully saturated rings. The highest BCUT2D eigenvalue weighted by molar-refractivity contribution is 5.64. The molecular weight excluding hydrogens is 629 g/mol. The van der Waals surface area contributed by atoms with Crippen molar-refractivity contribution in [3.05, 3.63) is 54.1 Å². The van der Waals surface area contributed by atoms with Gasteiger partial charge in [0.25, 0.3) is 0 Å². The van der Waals surface area contributed by atoms with Crippen molar-refractivity contribution in [1.29, 1.82) is 0 Å². The number of rotatable bonds is 9. The van der Waals surface area contributed by atoms with Gasteiger partial charge in [0.15, 0.2) is 0 Å². The average Bonchev–Trinajstić information content (AvgIpc) is 2.83. The quantitative estimate of drug-likeness (QED) is 0.272. The summed E-state index contributed by atoms with van der Waals surface area (Å²) in [6.45, 7) is 0. The van der Waals surface area contributed by atoms with Crippen LogP contribution in [-0.4, -0.2) is 52.7 Å². The third kappa shape index (κ3) is 4.60. The molecule has 0 heterocycles. The first kappa shape index (κ1) is 34.1. The third-order valence-electron chi connectivity index (χ3n) is 5.56. The molecule has 2 aromatic rings. The lowest BCUT2D eigenvalue weighted by Crippen LogP contribution is -2.75. The molecule has 0 radical (unpaired) electrons. The van der Waals surface area contributed by atoms with Gasteiger partial charge in [-0.1, -0.05) is 36.4 Å². The Labute approximate surface area is 214 Å². The summed E-state index contributed by atoms with van der Waals surface area (Å²) in [5, 5.41) is 9.17. The molecule has 0 amide bonds. The van der Waals surface area contributed by atoms with Gasteiger partial charge in [-0.3, -0.25) is 0 Å². The number of alkyl halides is 19. The Morgan fingerprint density at radius 2 is 0.610 bits per heavy atom. The second kappa shape index (κ2) is 9.47. The predicted octanol–water partition coefficient (Wildman–Crippen LogP) is 9.16. The smallest absolute Gasteiger partial charge is 0.460 e. The molecule has 1 N–H and O–H groups in total. The van der Waals surface area contributed by atoms with Crippen molar-refractivity contribution in [2.24, 2.45) is 0 Å². The van der Waals surface area contributed by atoms with E-state index >= 15 is 0 Å². The van der Waals surface area contributed by atoms with Crippen molar-refractivity contribution in [3.8, 4) is 16.9 Å². The monoisotopic (exact) mass is 638 g/mol. The van der Waals surface area contributed by atoms with Gasteiger partial charge < -0.3 is 5.11 Å². The fourth-order valence-corrected chi connectivity index (χ4v) is 3.07. The molecule has 232 valence electrons. The summed E-state index contributed by atoms with van der Waals surface area (Å²) in [5.74, 6) is -67.3. The molecule has 0 saturated carbocycles. The fourth-order valence-electron chi connectivity index (χ4n) is 3.07. The van der Waals surface area contributed by atoms with E-state index in [2.05, 4.69) is 0 Å². The van der Waals surface area contributed by atoms with Gasteiger partial charge in [0.1, 0.15) is 5.75 Å². The van der Waals surface area contributed by atoms with Gasteiger partial charge in [-0.15, -0.1) is 0 Å². The standard InChI is InChI=1S/C21H9F19O/c22-13(23,11-5-1-9(2-6-11)10-3-7-12(41)8-4-10)14(24,25)15(26,27)16(28,29)17(30,31)18(32,33)19(34,35)20(36,37)21(38,39)40/h1-8,41H. The summed E-state index contributed by atoms with van der Waals surface area (Å²) in [6, 6.07) is 4.73. The summed E-state index contributed by atoms with van der Waals surface area (Å²) >= 11 is 0. The summed E-state index contributed by atoms with van der Waals surface area (Å²) in [7, 11) is 0. The number of phenolic OH excluding ortho intramolecular Hbond substituents is 1. The summed E-state index contributed by atoms with van der Waals surface area (Å²) in [6.07, 6.45) is -7.92. The van der Waals surface area contributed by atoms with E-state index in [1.165, 1.54) is 0 Å². The van der Waals surface area contributed by atoms with Crippen LogP contribution in [-0.2, 0) is 5.92 Å². The van der Waals surface area contributed by atoms with Gasteiger partial charge in [-0.05, 0) is 23.3 Å². The van der Waals surface area contributed by atoms with Crippen molar-refractivity contribution in [1.82, 2.24) is 0 Å². The minimum atomic E-state index is -8.95. The number of phenols is 1. The maximum atomic E-state index is 14.4. The fraction of sp³-hybridized carbons (Fsp3) is 0.429. The van der Waals surface area contributed by atoms with Crippen LogP contribution in [0.1, 0.15) is 5.56 Å². The van der Waals surface area contributed by atoms with E-state index < -0.39 is 59.1 Å². The average molecular weight is 638 g/mol. The zero-order chi connectivity index (χ0) is 32.5. The van der Waals surface area contributed by atoms with E-state index in [1.807, 2.05) is 0 Å². The highest BCUT2D eigenvalue weighted by Crippen LogP contribution is 2.66. The number of hydrogen-bond donors (Lipinski definition) is 1. The van der Waals surface area contributed by atoms with Crippen molar-refractivity contribution >= 4 is 0 Å². The first-order chi connectivity index (χ1) is 18.0. The molecule has 2 aromatic carbocycles.